The van der Waals surface area contributed by atoms with Crippen molar-refractivity contribution in [2.24, 2.45) is 0 Å². The van der Waals surface area contributed by atoms with Crippen molar-refractivity contribution in [3.05, 3.63) is 78.1 Å². The van der Waals surface area contributed by atoms with Crippen LogP contribution in [0.5, 0.6) is 5.75 Å². The lowest BCUT2D eigenvalue weighted by Gasteiger charge is -2.19. The van der Waals surface area contributed by atoms with E-state index in [1.807, 2.05) is 54.6 Å². The Kier molecular flexibility index (Phi) is 5.41. The summed E-state index contributed by atoms with van der Waals surface area (Å²) in [5.74, 6) is 0.724. The second kappa shape index (κ2) is 8.10. The third-order valence-corrected chi connectivity index (χ3v) is 3.87. The third kappa shape index (κ3) is 4.67. The fourth-order valence-electron chi connectivity index (χ4n) is 2.59. The molecule has 0 aliphatic rings. The Bertz CT molecular complexity index is 786. The van der Waals surface area contributed by atoms with Gasteiger partial charge in [0.25, 0.3) is 0 Å². The second-order valence-corrected chi connectivity index (χ2v) is 5.64. The molecule has 2 aromatic carbocycles. The van der Waals surface area contributed by atoms with Gasteiger partial charge in [-0.15, -0.1) is 0 Å². The lowest BCUT2D eigenvalue weighted by Crippen LogP contribution is -2.33. The molecule has 0 aliphatic heterocycles. The molecular formula is C19H20N4O2. The Morgan fingerprint density at radius 3 is 2.40 bits per heavy atom. The molecule has 0 saturated heterocycles. The highest BCUT2D eigenvalue weighted by Crippen LogP contribution is 2.16. The molecule has 0 saturated carbocycles. The molecule has 1 amide bonds. The molecule has 0 bridgehead atoms. The zero-order valence-electron chi connectivity index (χ0n) is 14.0. The van der Waals surface area contributed by atoms with Crippen molar-refractivity contribution in [2.75, 3.05) is 7.11 Å². The maximum Gasteiger partial charge on any atom is 0.224 e. The van der Waals surface area contributed by atoms with Gasteiger partial charge in [-0.3, -0.25) is 4.79 Å². The van der Waals surface area contributed by atoms with E-state index in [0.717, 1.165) is 16.9 Å². The molecule has 3 aromatic rings. The van der Waals surface area contributed by atoms with E-state index in [1.165, 1.54) is 0 Å². The predicted molar refractivity (Wildman–Crippen MR) is 94.0 cm³/mol. The van der Waals surface area contributed by atoms with E-state index in [4.69, 9.17) is 4.74 Å². The molecule has 1 atom stereocenters. The Morgan fingerprint density at radius 1 is 1.08 bits per heavy atom. The minimum atomic E-state index is -0.195. The molecule has 6 nitrogen and oxygen atoms in total. The van der Waals surface area contributed by atoms with Gasteiger partial charge < -0.3 is 10.1 Å². The predicted octanol–water partition coefficient (Wildman–Crippen LogP) is 2.39. The molecule has 1 N–H and O–H groups in total. The topological polar surface area (TPSA) is 69.0 Å². The van der Waals surface area contributed by atoms with E-state index in [1.54, 1.807) is 24.3 Å². The van der Waals surface area contributed by atoms with Crippen LogP contribution in [0.4, 0.5) is 0 Å². The molecule has 1 unspecified atom stereocenters. The van der Waals surface area contributed by atoms with Crippen molar-refractivity contribution in [1.82, 2.24) is 20.3 Å². The van der Waals surface area contributed by atoms with Gasteiger partial charge in [-0.25, -0.2) is 0 Å². The summed E-state index contributed by atoms with van der Waals surface area (Å²) < 4.78 is 5.14. The van der Waals surface area contributed by atoms with Gasteiger partial charge in [0.15, 0.2) is 0 Å². The first-order chi connectivity index (χ1) is 12.2. The summed E-state index contributed by atoms with van der Waals surface area (Å²) in [6.45, 7) is 0.478. The van der Waals surface area contributed by atoms with Gasteiger partial charge in [0.2, 0.25) is 5.91 Å². The Hall–Kier alpha value is -3.15. The number of benzene rings is 2. The lowest BCUT2D eigenvalue weighted by molar-refractivity contribution is -0.121. The average molecular weight is 336 g/mol. The van der Waals surface area contributed by atoms with Crippen LogP contribution in [0.3, 0.4) is 0 Å². The fourth-order valence-corrected chi connectivity index (χ4v) is 2.59. The normalized spacial score (nSPS) is 11.7. The molecule has 1 heterocycles. The molecule has 0 spiro atoms. The van der Waals surface area contributed by atoms with Crippen molar-refractivity contribution < 1.29 is 9.53 Å². The largest absolute Gasteiger partial charge is 0.497 e. The summed E-state index contributed by atoms with van der Waals surface area (Å²) in [6, 6.07) is 17.1. The number of rotatable bonds is 7. The van der Waals surface area contributed by atoms with E-state index in [-0.39, 0.29) is 11.9 Å². The Morgan fingerprint density at radius 2 is 1.76 bits per heavy atom. The number of nitrogens with zero attached hydrogens (tertiary/aromatic N) is 3. The summed E-state index contributed by atoms with van der Waals surface area (Å²) in [5, 5.41) is 11.3. The number of methoxy groups -OCH3 is 1. The highest BCUT2D eigenvalue weighted by Gasteiger charge is 2.16. The minimum absolute atomic E-state index is 0.0498. The number of carbonyl (C=O) groups excluding carboxylic acids is 1. The van der Waals surface area contributed by atoms with Gasteiger partial charge >= 0.3 is 0 Å². The molecule has 0 fully saturated rings. The SMILES string of the molecule is COc1ccc(CC(=O)NC(Cn2nccn2)c2ccccc2)cc1. The van der Waals surface area contributed by atoms with Crippen LogP contribution in [0.2, 0.25) is 0 Å². The quantitative estimate of drug-likeness (QED) is 0.719. The average Bonchev–Trinajstić information content (AvgIpc) is 3.16. The lowest BCUT2D eigenvalue weighted by atomic mass is 10.1. The molecule has 128 valence electrons. The van der Waals surface area contributed by atoms with Crippen LogP contribution in [0.15, 0.2) is 67.0 Å². The van der Waals surface area contributed by atoms with Crippen molar-refractivity contribution in [2.45, 2.75) is 19.0 Å². The van der Waals surface area contributed by atoms with Crippen LogP contribution in [-0.2, 0) is 17.8 Å². The van der Waals surface area contributed by atoms with Crippen LogP contribution in [0, 0.1) is 0 Å². The van der Waals surface area contributed by atoms with Crippen LogP contribution < -0.4 is 10.1 Å². The molecule has 0 aliphatic carbocycles. The first-order valence-electron chi connectivity index (χ1n) is 8.06. The summed E-state index contributed by atoms with van der Waals surface area (Å²) in [4.78, 5) is 14.1. The fraction of sp³-hybridized carbons (Fsp3) is 0.211. The number of nitrogens with one attached hydrogen (secondary N) is 1. The maximum absolute atomic E-state index is 12.5. The summed E-state index contributed by atoms with van der Waals surface area (Å²) >= 11 is 0. The highest BCUT2D eigenvalue weighted by atomic mass is 16.5. The molecular weight excluding hydrogens is 316 g/mol. The highest BCUT2D eigenvalue weighted by molar-refractivity contribution is 5.79. The second-order valence-electron chi connectivity index (χ2n) is 5.64. The standard InChI is InChI=1S/C19H20N4O2/c1-25-17-9-7-15(8-10-17)13-19(24)22-18(14-23-20-11-12-21-23)16-5-3-2-4-6-16/h2-12,18H,13-14H2,1H3,(H,22,24). The van der Waals surface area contributed by atoms with Gasteiger partial charge in [-0.1, -0.05) is 42.5 Å². The van der Waals surface area contributed by atoms with Gasteiger partial charge in [0.1, 0.15) is 5.75 Å². The maximum atomic E-state index is 12.5. The van der Waals surface area contributed by atoms with Crippen LogP contribution in [-0.4, -0.2) is 28.0 Å². The monoisotopic (exact) mass is 336 g/mol. The van der Waals surface area contributed by atoms with Gasteiger partial charge in [0, 0.05) is 0 Å². The summed E-state index contributed by atoms with van der Waals surface area (Å²) in [5.41, 5.74) is 1.95. The Labute approximate surface area is 146 Å². The van der Waals surface area contributed by atoms with Crippen LogP contribution >= 0.6 is 0 Å². The van der Waals surface area contributed by atoms with Crippen molar-refractivity contribution in [3.8, 4) is 5.75 Å². The van der Waals surface area contributed by atoms with E-state index in [0.29, 0.717) is 13.0 Å². The van der Waals surface area contributed by atoms with Crippen molar-refractivity contribution in [1.29, 1.82) is 0 Å². The van der Waals surface area contributed by atoms with Gasteiger partial charge in [0.05, 0.1) is 38.5 Å². The number of ether oxygens (including phenoxy) is 1. The van der Waals surface area contributed by atoms with Gasteiger partial charge in [-0.05, 0) is 23.3 Å². The van der Waals surface area contributed by atoms with Crippen LogP contribution in [0.1, 0.15) is 17.2 Å². The van der Waals surface area contributed by atoms with Crippen LogP contribution in [0.25, 0.3) is 0 Å². The summed E-state index contributed by atoms with van der Waals surface area (Å²) in [6.07, 6.45) is 3.56. The number of hydrogen-bond acceptors (Lipinski definition) is 4. The first kappa shape index (κ1) is 16.7. The van der Waals surface area contributed by atoms with E-state index >= 15 is 0 Å². The van der Waals surface area contributed by atoms with Crippen molar-refractivity contribution >= 4 is 5.91 Å². The number of hydrogen-bond donors (Lipinski definition) is 1. The molecule has 6 heteroatoms. The van der Waals surface area contributed by atoms with E-state index in [9.17, 15) is 4.79 Å². The number of aromatic nitrogens is 3. The smallest absolute Gasteiger partial charge is 0.224 e. The zero-order valence-corrected chi connectivity index (χ0v) is 14.0. The zero-order chi connectivity index (χ0) is 17.5. The van der Waals surface area contributed by atoms with Crippen molar-refractivity contribution in [3.63, 3.8) is 0 Å². The molecule has 3 rings (SSSR count). The Balaban J connectivity index is 1.69. The number of amides is 1. The van der Waals surface area contributed by atoms with Gasteiger partial charge in [-0.2, -0.15) is 15.0 Å². The third-order valence-electron chi connectivity index (χ3n) is 3.87. The summed E-state index contributed by atoms with van der Waals surface area (Å²) in [7, 11) is 1.62. The first-order valence-corrected chi connectivity index (χ1v) is 8.06. The molecule has 25 heavy (non-hydrogen) atoms. The molecule has 0 radical (unpaired) electrons. The van der Waals surface area contributed by atoms with E-state index in [2.05, 4.69) is 15.5 Å². The molecule has 1 aromatic heterocycles. The van der Waals surface area contributed by atoms with E-state index < -0.39 is 0 Å². The minimum Gasteiger partial charge on any atom is -0.497 e. The number of carbonyl (C=O) groups is 1.